The molecule has 1 unspecified atom stereocenters. The number of guanidine groups is 1. The zero-order valence-electron chi connectivity index (χ0n) is 18.1. The number of aryl methyl sites for hydroxylation is 1. The first kappa shape index (κ1) is 22.4. The number of rotatable bonds is 9. The number of aliphatic imine (C=N–C) groups is 1. The van der Waals surface area contributed by atoms with Crippen LogP contribution in [0.4, 0.5) is 0 Å². The lowest BCUT2D eigenvalue weighted by Gasteiger charge is -2.21. The van der Waals surface area contributed by atoms with E-state index in [0.29, 0.717) is 13.1 Å². The van der Waals surface area contributed by atoms with Crippen LogP contribution in [-0.2, 0) is 31.3 Å². The van der Waals surface area contributed by atoms with Gasteiger partial charge in [-0.25, -0.2) is 9.98 Å². The SMILES string of the molecule is COC(C)c1nc(CN(C)C(=NCc2nnc(C)n2C)NCCc2cccs2)cs1. The van der Waals surface area contributed by atoms with Crippen LogP contribution < -0.4 is 5.32 Å². The summed E-state index contributed by atoms with van der Waals surface area (Å²) >= 11 is 3.40. The summed E-state index contributed by atoms with van der Waals surface area (Å²) in [5.41, 5.74) is 1.00. The van der Waals surface area contributed by atoms with Crippen LogP contribution in [0.5, 0.6) is 0 Å². The monoisotopic (exact) mass is 447 g/mol. The van der Waals surface area contributed by atoms with Crippen molar-refractivity contribution in [2.24, 2.45) is 12.0 Å². The lowest BCUT2D eigenvalue weighted by Crippen LogP contribution is -2.39. The minimum atomic E-state index is 0.00488. The Labute approximate surface area is 185 Å². The van der Waals surface area contributed by atoms with Crippen LogP contribution in [0.2, 0.25) is 0 Å². The van der Waals surface area contributed by atoms with Crippen molar-refractivity contribution in [1.29, 1.82) is 0 Å². The molecule has 3 heterocycles. The number of thiazole rings is 1. The molecular formula is C20H29N7OS2. The number of nitrogens with zero attached hydrogens (tertiary/aromatic N) is 6. The van der Waals surface area contributed by atoms with Gasteiger partial charge in [-0.3, -0.25) is 0 Å². The lowest BCUT2D eigenvalue weighted by atomic mass is 10.3. The van der Waals surface area contributed by atoms with Gasteiger partial charge < -0.3 is 19.5 Å². The molecule has 0 amide bonds. The highest BCUT2D eigenvalue weighted by Gasteiger charge is 2.14. The third-order valence-electron chi connectivity index (χ3n) is 4.82. The maximum Gasteiger partial charge on any atom is 0.194 e. The highest BCUT2D eigenvalue weighted by Crippen LogP contribution is 2.21. The van der Waals surface area contributed by atoms with Gasteiger partial charge in [0.1, 0.15) is 23.5 Å². The first-order chi connectivity index (χ1) is 14.5. The molecule has 10 heteroatoms. The second-order valence-corrected chi connectivity index (χ2v) is 8.95. The van der Waals surface area contributed by atoms with Crippen molar-refractivity contribution in [1.82, 2.24) is 30.0 Å². The summed E-state index contributed by atoms with van der Waals surface area (Å²) < 4.78 is 7.34. The molecule has 0 radical (unpaired) electrons. The van der Waals surface area contributed by atoms with E-state index in [1.807, 2.05) is 32.5 Å². The number of nitrogens with one attached hydrogen (secondary N) is 1. The van der Waals surface area contributed by atoms with Crippen molar-refractivity contribution in [2.45, 2.75) is 39.5 Å². The van der Waals surface area contributed by atoms with Crippen molar-refractivity contribution in [3.05, 3.63) is 50.1 Å². The molecule has 0 fully saturated rings. The van der Waals surface area contributed by atoms with Gasteiger partial charge in [-0.1, -0.05) is 6.07 Å². The Hall–Kier alpha value is -2.30. The molecule has 3 aromatic heterocycles. The van der Waals surface area contributed by atoms with Crippen LogP contribution >= 0.6 is 22.7 Å². The third-order valence-corrected chi connectivity index (χ3v) is 6.81. The molecule has 0 aliphatic rings. The minimum Gasteiger partial charge on any atom is -0.375 e. The first-order valence-electron chi connectivity index (χ1n) is 9.81. The third kappa shape index (κ3) is 5.87. The molecule has 0 saturated carbocycles. The second-order valence-electron chi connectivity index (χ2n) is 7.03. The van der Waals surface area contributed by atoms with Gasteiger partial charge in [0.15, 0.2) is 11.8 Å². The number of methoxy groups -OCH3 is 1. The van der Waals surface area contributed by atoms with Crippen molar-refractivity contribution < 1.29 is 4.74 Å². The summed E-state index contributed by atoms with van der Waals surface area (Å²) in [7, 11) is 5.69. The Bertz CT molecular complexity index is 948. The van der Waals surface area contributed by atoms with E-state index in [1.54, 1.807) is 29.8 Å². The van der Waals surface area contributed by atoms with E-state index in [9.17, 15) is 0 Å². The van der Waals surface area contributed by atoms with E-state index in [4.69, 9.17) is 14.7 Å². The summed E-state index contributed by atoms with van der Waals surface area (Å²) in [6.07, 6.45) is 0.963. The van der Waals surface area contributed by atoms with Crippen molar-refractivity contribution in [3.8, 4) is 0 Å². The Morgan fingerprint density at radius 1 is 1.37 bits per heavy atom. The van der Waals surface area contributed by atoms with Gasteiger partial charge in [0.2, 0.25) is 0 Å². The van der Waals surface area contributed by atoms with Crippen LogP contribution in [-0.4, -0.2) is 51.3 Å². The van der Waals surface area contributed by atoms with E-state index < -0.39 is 0 Å². The number of thiophene rings is 1. The Balaban J connectivity index is 1.68. The van der Waals surface area contributed by atoms with Crippen LogP contribution in [0, 0.1) is 6.92 Å². The molecule has 0 aliphatic heterocycles. The van der Waals surface area contributed by atoms with Crippen LogP contribution in [0.1, 0.15) is 40.3 Å². The quantitative estimate of drug-likeness (QED) is 0.401. The van der Waals surface area contributed by atoms with Crippen molar-refractivity contribution in [3.63, 3.8) is 0 Å². The van der Waals surface area contributed by atoms with Crippen LogP contribution in [0.15, 0.2) is 27.9 Å². The topological polar surface area (TPSA) is 80.5 Å². The molecule has 0 spiro atoms. The standard InChI is InChI=1S/C20H29N7OS2/c1-14(28-5)19-23-16(13-30-19)12-26(3)20(21-9-8-17-7-6-10-29-17)22-11-18-25-24-15(2)27(18)4/h6-7,10,13-14H,8-9,11-12H2,1-5H3,(H,21,22). The Morgan fingerprint density at radius 2 is 2.20 bits per heavy atom. The van der Waals surface area contributed by atoms with E-state index in [2.05, 4.69) is 43.3 Å². The molecule has 0 aliphatic carbocycles. The summed E-state index contributed by atoms with van der Waals surface area (Å²) in [5.74, 6) is 2.54. The van der Waals surface area contributed by atoms with Gasteiger partial charge in [-0.05, 0) is 31.7 Å². The molecule has 0 bridgehead atoms. The number of ether oxygens (including phenoxy) is 1. The maximum absolute atomic E-state index is 5.38. The Kier molecular flexibility index (Phi) is 7.94. The van der Waals surface area contributed by atoms with Gasteiger partial charge in [0, 0.05) is 38.0 Å². The summed E-state index contributed by atoms with van der Waals surface area (Å²) in [6, 6.07) is 4.24. The average Bonchev–Trinajstić information content (AvgIpc) is 3.48. The van der Waals surface area contributed by atoms with E-state index >= 15 is 0 Å². The highest BCUT2D eigenvalue weighted by atomic mass is 32.1. The molecule has 8 nitrogen and oxygen atoms in total. The zero-order chi connectivity index (χ0) is 21.5. The molecule has 1 atom stereocenters. The fourth-order valence-electron chi connectivity index (χ4n) is 2.80. The van der Waals surface area contributed by atoms with Gasteiger partial charge in [0.25, 0.3) is 0 Å². The normalized spacial score (nSPS) is 12.9. The minimum absolute atomic E-state index is 0.00488. The number of hydrogen-bond acceptors (Lipinski definition) is 7. The van der Waals surface area contributed by atoms with E-state index in [1.165, 1.54) is 4.88 Å². The average molecular weight is 448 g/mol. The van der Waals surface area contributed by atoms with Gasteiger partial charge in [0.05, 0.1) is 12.2 Å². The number of hydrogen-bond donors (Lipinski definition) is 1. The smallest absolute Gasteiger partial charge is 0.194 e. The Morgan fingerprint density at radius 3 is 2.87 bits per heavy atom. The highest BCUT2D eigenvalue weighted by molar-refractivity contribution is 7.10. The summed E-state index contributed by atoms with van der Waals surface area (Å²) in [4.78, 5) is 13.0. The fraction of sp³-hybridized carbons (Fsp3) is 0.500. The molecule has 0 aromatic carbocycles. The van der Waals surface area contributed by atoms with Crippen LogP contribution in [0.25, 0.3) is 0 Å². The maximum atomic E-state index is 5.38. The van der Waals surface area contributed by atoms with Crippen LogP contribution in [0.3, 0.4) is 0 Å². The molecule has 0 saturated heterocycles. The van der Waals surface area contributed by atoms with Gasteiger partial charge >= 0.3 is 0 Å². The largest absolute Gasteiger partial charge is 0.375 e. The van der Waals surface area contributed by atoms with Gasteiger partial charge in [-0.15, -0.1) is 32.9 Å². The summed E-state index contributed by atoms with van der Waals surface area (Å²) in [6.45, 7) is 5.88. The van der Waals surface area contributed by atoms with E-state index in [0.717, 1.165) is 41.3 Å². The molecule has 1 N–H and O–H groups in total. The molecule has 30 heavy (non-hydrogen) atoms. The van der Waals surface area contributed by atoms with Gasteiger partial charge in [-0.2, -0.15) is 0 Å². The van der Waals surface area contributed by atoms with Crippen molar-refractivity contribution in [2.75, 3.05) is 20.7 Å². The predicted octanol–water partition coefficient (Wildman–Crippen LogP) is 3.17. The molecular weight excluding hydrogens is 418 g/mol. The van der Waals surface area contributed by atoms with Crippen molar-refractivity contribution >= 4 is 28.6 Å². The molecule has 3 aromatic rings. The molecule has 3 rings (SSSR count). The fourth-order valence-corrected chi connectivity index (χ4v) is 4.35. The first-order valence-corrected chi connectivity index (χ1v) is 11.6. The second kappa shape index (κ2) is 10.6. The number of aromatic nitrogens is 4. The lowest BCUT2D eigenvalue weighted by molar-refractivity contribution is 0.119. The summed E-state index contributed by atoms with van der Waals surface area (Å²) in [5, 5.41) is 17.0. The predicted molar refractivity (Wildman–Crippen MR) is 122 cm³/mol. The zero-order valence-corrected chi connectivity index (χ0v) is 19.8. The van der Waals surface area contributed by atoms with E-state index in [-0.39, 0.29) is 6.10 Å². The molecule has 162 valence electrons.